The third kappa shape index (κ3) is 2.25. The van der Waals surface area contributed by atoms with Crippen LogP contribution >= 0.6 is 0 Å². The number of hydrogen-bond acceptors (Lipinski definition) is 3. The van der Waals surface area contributed by atoms with Gasteiger partial charge in [-0.15, -0.1) is 0 Å². The zero-order chi connectivity index (χ0) is 16.1. The second-order valence-corrected chi connectivity index (χ2v) is 7.86. The van der Waals surface area contributed by atoms with E-state index < -0.39 is 11.7 Å². The minimum absolute atomic E-state index is 0.0398. The number of aliphatic hydroxyl groups is 1. The van der Waals surface area contributed by atoms with Crippen molar-refractivity contribution in [3.8, 4) is 0 Å². The van der Waals surface area contributed by atoms with Gasteiger partial charge in [-0.1, -0.05) is 39.8 Å². The largest absolute Gasteiger partial charge is 0.459 e. The summed E-state index contributed by atoms with van der Waals surface area (Å²) in [6.45, 7) is 14.2. The summed E-state index contributed by atoms with van der Waals surface area (Å²) in [6, 6.07) is 0. The second kappa shape index (κ2) is 5.12. The van der Waals surface area contributed by atoms with E-state index in [4.69, 9.17) is 4.74 Å². The molecule has 0 saturated heterocycles. The van der Waals surface area contributed by atoms with Gasteiger partial charge in [0.05, 0.1) is 0 Å². The molecule has 120 valence electrons. The predicted octanol–water partition coefficient (Wildman–Crippen LogP) is 3.85. The van der Waals surface area contributed by atoms with Crippen molar-refractivity contribution in [2.45, 2.75) is 78.4 Å². The lowest BCUT2D eigenvalue weighted by molar-refractivity contribution is -0.232. The van der Waals surface area contributed by atoms with E-state index in [-0.39, 0.29) is 22.7 Å². The topological polar surface area (TPSA) is 46.5 Å². The molecule has 2 aliphatic rings. The van der Waals surface area contributed by atoms with Gasteiger partial charge in [0.25, 0.3) is 0 Å². The molecule has 0 aliphatic heterocycles. The van der Waals surface area contributed by atoms with Crippen LogP contribution in [0.3, 0.4) is 0 Å². The van der Waals surface area contributed by atoms with Crippen molar-refractivity contribution >= 4 is 5.97 Å². The highest BCUT2D eigenvalue weighted by Gasteiger charge is 2.64. The number of carbonyl (C=O) groups is 1. The molecule has 1 N–H and O–H groups in total. The van der Waals surface area contributed by atoms with Crippen molar-refractivity contribution in [1.82, 2.24) is 0 Å². The van der Waals surface area contributed by atoms with Gasteiger partial charge in [-0.3, -0.25) is 4.79 Å². The SMILES string of the molecule is C=C1CCC[C@]2(C)CC[C@](O)(C(C)C)[C@@H](OC(C)=O)[C@@]12C. The highest BCUT2D eigenvalue weighted by Crippen LogP contribution is 2.64. The Hall–Kier alpha value is -0.830. The van der Waals surface area contributed by atoms with Gasteiger partial charge in [-0.2, -0.15) is 0 Å². The fourth-order valence-corrected chi connectivity index (χ4v) is 4.61. The van der Waals surface area contributed by atoms with E-state index >= 15 is 0 Å². The van der Waals surface area contributed by atoms with E-state index in [0.29, 0.717) is 6.42 Å². The molecular formula is C18H30O3. The lowest BCUT2D eigenvalue weighted by atomic mass is 9.45. The van der Waals surface area contributed by atoms with Crippen LogP contribution in [0.4, 0.5) is 0 Å². The van der Waals surface area contributed by atoms with E-state index in [1.54, 1.807) is 0 Å². The number of fused-ring (bicyclic) bond motifs is 1. The molecule has 0 heterocycles. The van der Waals surface area contributed by atoms with Crippen LogP contribution in [0.1, 0.15) is 66.7 Å². The average Bonchev–Trinajstić information content (AvgIpc) is 2.38. The van der Waals surface area contributed by atoms with Crippen LogP contribution < -0.4 is 0 Å². The minimum atomic E-state index is -0.972. The standard InChI is InChI=1S/C18H30O3/c1-12(2)18(20)11-10-16(5)9-7-8-13(3)17(16,6)15(18)21-14(4)19/h12,15,20H,3,7-11H2,1-2,4-6H3/t15-,16+,17+,18-/m0/s1. The smallest absolute Gasteiger partial charge is 0.303 e. The minimum Gasteiger partial charge on any atom is -0.459 e. The van der Waals surface area contributed by atoms with Crippen LogP contribution in [-0.4, -0.2) is 22.8 Å². The van der Waals surface area contributed by atoms with Gasteiger partial charge in [0, 0.05) is 12.3 Å². The van der Waals surface area contributed by atoms with E-state index in [1.807, 2.05) is 13.8 Å². The van der Waals surface area contributed by atoms with Gasteiger partial charge >= 0.3 is 5.97 Å². The Morgan fingerprint density at radius 1 is 1.33 bits per heavy atom. The average molecular weight is 294 g/mol. The summed E-state index contributed by atoms with van der Waals surface area (Å²) in [5.41, 5.74) is -0.154. The Bertz CT molecular complexity index is 455. The van der Waals surface area contributed by atoms with Crippen LogP contribution in [0.2, 0.25) is 0 Å². The molecule has 0 aromatic heterocycles. The maximum atomic E-state index is 11.7. The number of hydrogen-bond donors (Lipinski definition) is 1. The van der Waals surface area contributed by atoms with Crippen molar-refractivity contribution in [2.24, 2.45) is 16.7 Å². The van der Waals surface area contributed by atoms with Gasteiger partial charge in [0.15, 0.2) is 0 Å². The molecule has 0 aromatic carbocycles. The summed E-state index contributed by atoms with van der Waals surface area (Å²) in [4.78, 5) is 11.7. The van der Waals surface area contributed by atoms with Gasteiger partial charge < -0.3 is 9.84 Å². The number of ether oxygens (including phenoxy) is 1. The molecular weight excluding hydrogens is 264 g/mol. The highest BCUT2D eigenvalue weighted by atomic mass is 16.6. The Labute approximate surface area is 128 Å². The van der Waals surface area contributed by atoms with Crippen molar-refractivity contribution in [2.75, 3.05) is 0 Å². The molecule has 2 rings (SSSR count). The van der Waals surface area contributed by atoms with Gasteiger partial charge in [0.2, 0.25) is 0 Å². The normalized spacial score (nSPS) is 43.6. The molecule has 4 atom stereocenters. The zero-order valence-electron chi connectivity index (χ0n) is 14.2. The highest BCUT2D eigenvalue weighted by molar-refractivity contribution is 5.66. The predicted molar refractivity (Wildman–Crippen MR) is 83.8 cm³/mol. The van der Waals surface area contributed by atoms with Gasteiger partial charge in [0.1, 0.15) is 11.7 Å². The van der Waals surface area contributed by atoms with Gasteiger partial charge in [-0.05, 0) is 43.4 Å². The first kappa shape index (κ1) is 16.5. The molecule has 0 amide bonds. The van der Waals surface area contributed by atoms with Crippen molar-refractivity contribution < 1.29 is 14.6 Å². The van der Waals surface area contributed by atoms with Crippen LogP contribution in [-0.2, 0) is 9.53 Å². The first-order valence-electron chi connectivity index (χ1n) is 8.16. The third-order valence-electron chi connectivity index (χ3n) is 6.53. The van der Waals surface area contributed by atoms with Crippen molar-refractivity contribution in [1.29, 1.82) is 0 Å². The number of rotatable bonds is 2. The van der Waals surface area contributed by atoms with E-state index in [0.717, 1.165) is 31.3 Å². The Balaban J connectivity index is 2.55. The Morgan fingerprint density at radius 3 is 2.48 bits per heavy atom. The lowest BCUT2D eigenvalue weighted by Gasteiger charge is -2.62. The van der Waals surface area contributed by atoms with Crippen LogP contribution in [0.15, 0.2) is 12.2 Å². The first-order valence-corrected chi connectivity index (χ1v) is 8.16. The first-order chi connectivity index (χ1) is 9.58. The monoisotopic (exact) mass is 294 g/mol. The Kier molecular flexibility index (Phi) is 4.03. The molecule has 0 bridgehead atoms. The van der Waals surface area contributed by atoms with E-state index in [2.05, 4.69) is 20.4 Å². The zero-order valence-corrected chi connectivity index (χ0v) is 14.2. The summed E-state index contributed by atoms with van der Waals surface area (Å²) < 4.78 is 5.73. The fraction of sp³-hybridized carbons (Fsp3) is 0.833. The molecule has 0 aromatic rings. The summed E-state index contributed by atoms with van der Waals surface area (Å²) in [5, 5.41) is 11.3. The van der Waals surface area contributed by atoms with Crippen molar-refractivity contribution in [3.05, 3.63) is 12.2 Å². The fourth-order valence-electron chi connectivity index (χ4n) is 4.61. The van der Waals surface area contributed by atoms with Crippen molar-refractivity contribution in [3.63, 3.8) is 0 Å². The third-order valence-corrected chi connectivity index (χ3v) is 6.53. The quantitative estimate of drug-likeness (QED) is 0.621. The summed E-state index contributed by atoms with van der Waals surface area (Å²) in [5.74, 6) is -0.277. The molecule has 0 radical (unpaired) electrons. The van der Waals surface area contributed by atoms with Crippen LogP contribution in [0, 0.1) is 16.7 Å². The molecule has 2 saturated carbocycles. The molecule has 3 nitrogen and oxygen atoms in total. The molecule has 21 heavy (non-hydrogen) atoms. The molecule has 2 aliphatic carbocycles. The molecule has 0 spiro atoms. The van der Waals surface area contributed by atoms with Crippen LogP contribution in [0.25, 0.3) is 0 Å². The Morgan fingerprint density at radius 2 is 1.95 bits per heavy atom. The lowest BCUT2D eigenvalue weighted by Crippen LogP contribution is -2.66. The maximum absolute atomic E-state index is 11.7. The molecule has 0 unspecified atom stereocenters. The van der Waals surface area contributed by atoms with E-state index in [9.17, 15) is 9.90 Å². The summed E-state index contributed by atoms with van der Waals surface area (Å²) >= 11 is 0. The molecule has 2 fully saturated rings. The number of carbonyl (C=O) groups excluding carboxylic acids is 1. The van der Waals surface area contributed by atoms with Gasteiger partial charge in [-0.25, -0.2) is 0 Å². The van der Waals surface area contributed by atoms with E-state index in [1.165, 1.54) is 6.92 Å². The maximum Gasteiger partial charge on any atom is 0.303 e. The molecule has 3 heteroatoms. The summed E-state index contributed by atoms with van der Waals surface area (Å²) in [6.07, 6.45) is 4.33. The van der Waals surface area contributed by atoms with Crippen LogP contribution in [0.5, 0.6) is 0 Å². The number of esters is 1. The second-order valence-electron chi connectivity index (χ2n) is 7.86. The summed E-state index contributed by atoms with van der Waals surface area (Å²) in [7, 11) is 0.